The normalized spacial score (nSPS) is 14.7. The summed E-state index contributed by atoms with van der Waals surface area (Å²) in [5.41, 5.74) is 11.4. The number of hydrogen-bond donors (Lipinski definition) is 4. The van der Waals surface area contributed by atoms with Crippen LogP contribution in [0.1, 0.15) is 5.56 Å². The van der Waals surface area contributed by atoms with Gasteiger partial charge in [-0.1, -0.05) is 17.7 Å². The van der Waals surface area contributed by atoms with Crippen molar-refractivity contribution in [1.29, 1.82) is 0 Å². The summed E-state index contributed by atoms with van der Waals surface area (Å²) in [6.07, 6.45) is 3.24. The molecule has 3 aromatic rings. The highest BCUT2D eigenvalue weighted by Crippen LogP contribution is 2.23. The molecule has 0 amide bonds. The maximum absolute atomic E-state index is 12.8. The molecule has 4 rings (SSSR count). The number of ketones is 1. The summed E-state index contributed by atoms with van der Waals surface area (Å²) >= 11 is 0. The van der Waals surface area contributed by atoms with E-state index in [2.05, 4.69) is 15.6 Å². The predicted octanol–water partition coefficient (Wildman–Crippen LogP) is 4.93. The second-order valence-corrected chi connectivity index (χ2v) is 7.23. The van der Waals surface area contributed by atoms with E-state index in [0.717, 1.165) is 16.9 Å². The number of hydrogen-bond acceptors (Lipinski definition) is 6. The van der Waals surface area contributed by atoms with Gasteiger partial charge in [-0.15, -0.1) is 0 Å². The van der Waals surface area contributed by atoms with Crippen LogP contribution < -0.4 is 16.4 Å². The minimum absolute atomic E-state index is 0.164. The molecular formula is C25H22N4O2. The molecule has 0 fully saturated rings. The highest BCUT2D eigenvalue weighted by atomic mass is 16.3. The number of carbonyl (C=O) groups is 1. The Kier molecular flexibility index (Phi) is 5.53. The van der Waals surface area contributed by atoms with Crippen LogP contribution in [0.25, 0.3) is 0 Å². The van der Waals surface area contributed by atoms with E-state index in [0.29, 0.717) is 28.5 Å². The Labute approximate surface area is 180 Å². The lowest BCUT2D eigenvalue weighted by Crippen LogP contribution is -2.22. The van der Waals surface area contributed by atoms with Gasteiger partial charge in [0.05, 0.1) is 22.8 Å². The number of nitrogens with one attached hydrogen (secondary N) is 2. The molecule has 0 heterocycles. The molecule has 0 spiro atoms. The Balaban J connectivity index is 1.68. The van der Waals surface area contributed by atoms with Crippen LogP contribution in [-0.2, 0) is 4.79 Å². The molecule has 3 aromatic carbocycles. The summed E-state index contributed by atoms with van der Waals surface area (Å²) in [5.74, 6) is -0.00587. The number of aromatic hydroxyl groups is 1. The molecule has 0 bridgehead atoms. The van der Waals surface area contributed by atoms with Crippen molar-refractivity contribution in [2.75, 3.05) is 16.4 Å². The van der Waals surface area contributed by atoms with Gasteiger partial charge in [0.15, 0.2) is 0 Å². The van der Waals surface area contributed by atoms with Gasteiger partial charge in [-0.2, -0.15) is 0 Å². The summed E-state index contributed by atoms with van der Waals surface area (Å²) in [6.45, 7) is 2.02. The molecule has 0 unspecified atom stereocenters. The van der Waals surface area contributed by atoms with Crippen LogP contribution >= 0.6 is 0 Å². The maximum atomic E-state index is 12.8. The molecule has 5 N–H and O–H groups in total. The number of nitrogens with two attached hydrogens (primary N) is 1. The Morgan fingerprint density at radius 2 is 1.35 bits per heavy atom. The average Bonchev–Trinajstić information content (AvgIpc) is 2.76. The lowest BCUT2D eigenvalue weighted by atomic mass is 10.0. The second-order valence-electron chi connectivity index (χ2n) is 7.23. The SMILES string of the molecule is Cc1ccc(NC2=CC(=O)C(Nc3ccc(N)cc3)=C/C2=N/c2ccc(O)cc2)cc1. The van der Waals surface area contributed by atoms with E-state index in [1.54, 1.807) is 42.5 Å². The van der Waals surface area contributed by atoms with Crippen molar-refractivity contribution in [3.8, 4) is 5.75 Å². The third-order valence-corrected chi connectivity index (χ3v) is 4.72. The summed E-state index contributed by atoms with van der Waals surface area (Å²) in [4.78, 5) is 17.5. The standard InChI is InChI=1S/C25H22N4O2/c1-16-2-6-18(7-3-16)28-23-15-25(31)24(29-19-8-4-17(26)5-9-19)14-22(23)27-20-10-12-21(30)13-11-20/h2-15,28-30H,26H2,1H3/b27-22-. The average molecular weight is 410 g/mol. The molecule has 6 heteroatoms. The van der Waals surface area contributed by atoms with Crippen LogP contribution in [0.3, 0.4) is 0 Å². The molecule has 0 saturated carbocycles. The van der Waals surface area contributed by atoms with E-state index in [1.165, 1.54) is 6.08 Å². The van der Waals surface area contributed by atoms with Crippen molar-refractivity contribution >= 4 is 34.2 Å². The minimum atomic E-state index is -0.170. The van der Waals surface area contributed by atoms with Crippen LogP contribution in [0.5, 0.6) is 5.75 Å². The van der Waals surface area contributed by atoms with Crippen LogP contribution in [-0.4, -0.2) is 16.6 Å². The Hall–Kier alpha value is -4.32. The molecule has 1 aliphatic carbocycles. The largest absolute Gasteiger partial charge is 0.508 e. The number of aliphatic imine (C=N–C) groups is 1. The van der Waals surface area contributed by atoms with Crippen molar-refractivity contribution in [2.45, 2.75) is 6.92 Å². The van der Waals surface area contributed by atoms with Crippen LogP contribution in [0.4, 0.5) is 22.7 Å². The van der Waals surface area contributed by atoms with Gasteiger partial charge in [0.2, 0.25) is 5.78 Å². The molecule has 0 aliphatic heterocycles. The van der Waals surface area contributed by atoms with Gasteiger partial charge in [0.25, 0.3) is 0 Å². The zero-order chi connectivity index (χ0) is 21.8. The van der Waals surface area contributed by atoms with Gasteiger partial charge in [-0.25, -0.2) is 4.99 Å². The van der Waals surface area contributed by atoms with Crippen molar-refractivity contribution < 1.29 is 9.90 Å². The van der Waals surface area contributed by atoms with Crippen molar-refractivity contribution in [2.24, 2.45) is 4.99 Å². The molecule has 0 saturated heterocycles. The number of aryl methyl sites for hydroxylation is 1. The third-order valence-electron chi connectivity index (χ3n) is 4.72. The smallest absolute Gasteiger partial charge is 0.204 e. The highest BCUT2D eigenvalue weighted by Gasteiger charge is 2.20. The second kappa shape index (κ2) is 8.59. The number of phenols is 1. The Bertz CT molecular complexity index is 1190. The summed E-state index contributed by atoms with van der Waals surface area (Å²) in [6, 6.07) is 21.6. The van der Waals surface area contributed by atoms with Gasteiger partial charge < -0.3 is 21.5 Å². The number of benzene rings is 3. The fourth-order valence-electron chi connectivity index (χ4n) is 3.04. The molecule has 0 atom stereocenters. The first-order valence-corrected chi connectivity index (χ1v) is 9.78. The van der Waals surface area contributed by atoms with Gasteiger partial charge in [-0.05, 0) is 73.7 Å². The first-order valence-electron chi connectivity index (χ1n) is 9.78. The predicted molar refractivity (Wildman–Crippen MR) is 126 cm³/mol. The van der Waals surface area contributed by atoms with Gasteiger partial charge in [0.1, 0.15) is 5.75 Å². The van der Waals surface area contributed by atoms with E-state index < -0.39 is 0 Å². The zero-order valence-electron chi connectivity index (χ0n) is 17.0. The van der Waals surface area contributed by atoms with Crippen LogP contribution in [0.15, 0.2) is 101 Å². The van der Waals surface area contributed by atoms with E-state index >= 15 is 0 Å². The van der Waals surface area contributed by atoms with Gasteiger partial charge in [-0.3, -0.25) is 4.79 Å². The Morgan fingerprint density at radius 3 is 2.00 bits per heavy atom. The number of phenolic OH excluding ortho intramolecular Hbond substituents is 1. The molecule has 0 radical (unpaired) electrons. The topological polar surface area (TPSA) is 99.7 Å². The zero-order valence-corrected chi connectivity index (χ0v) is 17.0. The van der Waals surface area contributed by atoms with E-state index in [1.807, 2.05) is 43.3 Å². The fourth-order valence-corrected chi connectivity index (χ4v) is 3.04. The van der Waals surface area contributed by atoms with Crippen LogP contribution in [0, 0.1) is 6.92 Å². The monoisotopic (exact) mass is 410 g/mol. The quantitative estimate of drug-likeness (QED) is 0.353. The molecular weight excluding hydrogens is 388 g/mol. The van der Waals surface area contributed by atoms with Crippen molar-refractivity contribution in [1.82, 2.24) is 0 Å². The van der Waals surface area contributed by atoms with Gasteiger partial charge in [0, 0.05) is 23.1 Å². The molecule has 31 heavy (non-hydrogen) atoms. The number of nitrogens with zero attached hydrogens (tertiary/aromatic N) is 1. The number of carbonyl (C=O) groups excluding carboxylic acids is 1. The lowest BCUT2D eigenvalue weighted by Gasteiger charge is -2.18. The minimum Gasteiger partial charge on any atom is -0.508 e. The van der Waals surface area contributed by atoms with E-state index in [-0.39, 0.29) is 11.5 Å². The third kappa shape index (κ3) is 5.00. The number of allylic oxidation sites excluding steroid dienone is 2. The molecule has 1 aliphatic rings. The van der Waals surface area contributed by atoms with Crippen molar-refractivity contribution in [3.05, 3.63) is 102 Å². The highest BCUT2D eigenvalue weighted by molar-refractivity contribution is 6.24. The van der Waals surface area contributed by atoms with Crippen LogP contribution in [0.2, 0.25) is 0 Å². The van der Waals surface area contributed by atoms with Crippen molar-refractivity contribution in [3.63, 3.8) is 0 Å². The van der Waals surface area contributed by atoms with E-state index in [4.69, 9.17) is 5.73 Å². The first kappa shape index (κ1) is 20.0. The summed E-state index contributed by atoms with van der Waals surface area (Å²) in [7, 11) is 0. The first-order chi connectivity index (χ1) is 15.0. The molecule has 0 aromatic heterocycles. The van der Waals surface area contributed by atoms with Gasteiger partial charge >= 0.3 is 0 Å². The summed E-state index contributed by atoms with van der Waals surface area (Å²) in [5, 5.41) is 16.0. The molecule has 6 nitrogen and oxygen atoms in total. The lowest BCUT2D eigenvalue weighted by molar-refractivity contribution is -0.111. The summed E-state index contributed by atoms with van der Waals surface area (Å²) < 4.78 is 0. The number of rotatable bonds is 5. The Morgan fingerprint density at radius 1 is 0.774 bits per heavy atom. The maximum Gasteiger partial charge on any atom is 0.204 e. The van der Waals surface area contributed by atoms with E-state index in [9.17, 15) is 9.90 Å². The fraction of sp³-hybridized carbons (Fsp3) is 0.0400. The number of anilines is 3. The molecule has 154 valence electrons. The number of nitrogen functional groups attached to an aromatic ring is 1.